The van der Waals surface area contributed by atoms with Crippen LogP contribution >= 0.6 is 0 Å². The molecule has 0 aliphatic carbocycles. The zero-order chi connectivity index (χ0) is 21.3. The number of methoxy groups -OCH3 is 1. The van der Waals surface area contributed by atoms with Crippen LogP contribution in [0.3, 0.4) is 0 Å². The van der Waals surface area contributed by atoms with E-state index in [-0.39, 0.29) is 11.7 Å². The zero-order valence-electron chi connectivity index (χ0n) is 16.9. The smallest absolute Gasteiger partial charge is 0.254 e. The highest BCUT2D eigenvalue weighted by atomic mass is 19.1. The predicted molar refractivity (Wildman–Crippen MR) is 112 cm³/mol. The minimum atomic E-state index is -0.298. The van der Waals surface area contributed by atoms with Gasteiger partial charge in [0, 0.05) is 18.3 Å². The number of carbonyl (C=O) groups excluding carboxylic acids is 1. The van der Waals surface area contributed by atoms with E-state index in [4.69, 9.17) is 4.74 Å². The second-order valence-electron chi connectivity index (χ2n) is 6.99. The third kappa shape index (κ3) is 3.61. The van der Waals surface area contributed by atoms with Crippen molar-refractivity contribution in [1.82, 2.24) is 19.9 Å². The van der Waals surface area contributed by atoms with Crippen LogP contribution in [-0.2, 0) is 6.54 Å². The molecule has 0 fully saturated rings. The Kier molecular flexibility index (Phi) is 5.18. The molecule has 6 nitrogen and oxygen atoms in total. The van der Waals surface area contributed by atoms with E-state index in [1.54, 1.807) is 30.0 Å². The minimum absolute atomic E-state index is 0.228. The van der Waals surface area contributed by atoms with Gasteiger partial charge in [-0.05, 0) is 49.2 Å². The summed E-state index contributed by atoms with van der Waals surface area (Å²) in [5, 5.41) is 7.47. The van der Waals surface area contributed by atoms with Crippen LogP contribution < -0.4 is 10.1 Å². The molecular weight excluding hydrogens is 383 g/mol. The number of aryl methyl sites for hydroxylation is 2. The van der Waals surface area contributed by atoms with Crippen LogP contribution in [0.15, 0.2) is 54.7 Å². The van der Waals surface area contributed by atoms with Crippen LogP contribution in [0, 0.1) is 19.7 Å². The van der Waals surface area contributed by atoms with Crippen LogP contribution in [0.5, 0.6) is 5.75 Å². The van der Waals surface area contributed by atoms with Crippen molar-refractivity contribution < 1.29 is 13.9 Å². The Bertz CT molecular complexity index is 1210. The summed E-state index contributed by atoms with van der Waals surface area (Å²) in [6.45, 7) is 4.09. The SMILES string of the molecule is COc1ccc(CNC(=O)c2cnc3c(-c4ccc(F)cc4)c(C)nn3c2C)cc1. The fraction of sp³-hybridized carbons (Fsp3) is 0.174. The number of benzene rings is 2. The highest BCUT2D eigenvalue weighted by Gasteiger charge is 2.18. The van der Waals surface area contributed by atoms with Crippen molar-refractivity contribution in [2.75, 3.05) is 7.11 Å². The monoisotopic (exact) mass is 404 g/mol. The summed E-state index contributed by atoms with van der Waals surface area (Å²) in [5.41, 5.74) is 5.13. The van der Waals surface area contributed by atoms with Crippen molar-refractivity contribution in [1.29, 1.82) is 0 Å². The Morgan fingerprint density at radius 2 is 1.80 bits per heavy atom. The highest BCUT2D eigenvalue weighted by molar-refractivity contribution is 5.95. The topological polar surface area (TPSA) is 68.5 Å². The van der Waals surface area contributed by atoms with Gasteiger partial charge in [0.1, 0.15) is 11.6 Å². The molecule has 1 amide bonds. The third-order valence-electron chi connectivity index (χ3n) is 5.05. The second kappa shape index (κ2) is 7.94. The lowest BCUT2D eigenvalue weighted by atomic mass is 10.1. The van der Waals surface area contributed by atoms with E-state index in [1.165, 1.54) is 12.1 Å². The number of amides is 1. The number of hydrogen-bond donors (Lipinski definition) is 1. The van der Waals surface area contributed by atoms with Gasteiger partial charge in [0.2, 0.25) is 0 Å². The van der Waals surface area contributed by atoms with E-state index in [2.05, 4.69) is 15.4 Å². The maximum Gasteiger partial charge on any atom is 0.254 e. The van der Waals surface area contributed by atoms with Crippen molar-refractivity contribution in [2.24, 2.45) is 0 Å². The molecule has 30 heavy (non-hydrogen) atoms. The molecule has 0 unspecified atom stereocenters. The van der Waals surface area contributed by atoms with Crippen molar-refractivity contribution in [3.05, 3.63) is 83.1 Å². The summed E-state index contributed by atoms with van der Waals surface area (Å²) >= 11 is 0. The number of ether oxygens (including phenoxy) is 1. The molecule has 152 valence electrons. The molecule has 0 spiro atoms. The van der Waals surface area contributed by atoms with Crippen molar-refractivity contribution in [3.63, 3.8) is 0 Å². The second-order valence-corrected chi connectivity index (χ2v) is 6.99. The average Bonchev–Trinajstić information content (AvgIpc) is 3.10. The Morgan fingerprint density at radius 1 is 1.10 bits per heavy atom. The first-order valence-corrected chi connectivity index (χ1v) is 9.50. The van der Waals surface area contributed by atoms with Crippen molar-refractivity contribution >= 4 is 11.6 Å². The standard InChI is InChI=1S/C23H21FN4O2/c1-14-21(17-6-8-18(24)9-7-17)22-25-13-20(15(2)28(22)27-14)23(29)26-12-16-4-10-19(30-3)11-5-16/h4-11,13H,12H2,1-3H3,(H,26,29). The first-order valence-electron chi connectivity index (χ1n) is 9.50. The maximum atomic E-state index is 13.3. The van der Waals surface area contributed by atoms with Crippen molar-refractivity contribution in [3.8, 4) is 16.9 Å². The van der Waals surface area contributed by atoms with Gasteiger partial charge in [-0.2, -0.15) is 5.10 Å². The molecular formula is C23H21FN4O2. The lowest BCUT2D eigenvalue weighted by molar-refractivity contribution is 0.0949. The van der Waals surface area contributed by atoms with Gasteiger partial charge in [-0.15, -0.1) is 0 Å². The number of rotatable bonds is 5. The van der Waals surface area contributed by atoms with Crippen LogP contribution in [-0.4, -0.2) is 27.6 Å². The van der Waals surface area contributed by atoms with E-state index in [0.717, 1.165) is 28.1 Å². The summed E-state index contributed by atoms with van der Waals surface area (Å²) in [4.78, 5) is 17.2. The summed E-state index contributed by atoms with van der Waals surface area (Å²) in [7, 11) is 1.61. The number of hydrogen-bond acceptors (Lipinski definition) is 4. The average molecular weight is 404 g/mol. The summed E-state index contributed by atoms with van der Waals surface area (Å²) in [5.74, 6) is 0.239. The Morgan fingerprint density at radius 3 is 2.47 bits per heavy atom. The van der Waals surface area contributed by atoms with Gasteiger partial charge < -0.3 is 10.1 Å². The first-order chi connectivity index (χ1) is 14.5. The van der Waals surface area contributed by atoms with Gasteiger partial charge >= 0.3 is 0 Å². The Hall–Kier alpha value is -3.74. The molecule has 2 aromatic heterocycles. The molecule has 4 rings (SSSR count). The van der Waals surface area contributed by atoms with E-state index in [1.807, 2.05) is 38.1 Å². The van der Waals surface area contributed by atoms with Gasteiger partial charge in [-0.3, -0.25) is 4.79 Å². The fourth-order valence-electron chi connectivity index (χ4n) is 3.40. The Balaban J connectivity index is 1.61. The number of halogens is 1. The molecule has 4 aromatic rings. The number of fused-ring (bicyclic) bond motifs is 1. The number of nitrogens with zero attached hydrogens (tertiary/aromatic N) is 3. The first kappa shape index (κ1) is 19.6. The fourth-order valence-corrected chi connectivity index (χ4v) is 3.40. The third-order valence-corrected chi connectivity index (χ3v) is 5.05. The van der Waals surface area contributed by atoms with E-state index < -0.39 is 0 Å². The molecule has 7 heteroatoms. The molecule has 0 saturated heterocycles. The number of aromatic nitrogens is 3. The molecule has 2 heterocycles. The maximum absolute atomic E-state index is 13.3. The van der Waals surface area contributed by atoms with Gasteiger partial charge in [-0.25, -0.2) is 13.9 Å². The van der Waals surface area contributed by atoms with E-state index >= 15 is 0 Å². The predicted octanol–water partition coefficient (Wildman–Crippen LogP) is 4.09. The molecule has 0 aliphatic rings. The largest absolute Gasteiger partial charge is 0.497 e. The molecule has 0 atom stereocenters. The highest BCUT2D eigenvalue weighted by Crippen LogP contribution is 2.28. The van der Waals surface area contributed by atoms with E-state index in [0.29, 0.717) is 23.4 Å². The number of carbonyl (C=O) groups is 1. The summed E-state index contributed by atoms with van der Waals surface area (Å²) in [6, 6.07) is 13.7. The van der Waals surface area contributed by atoms with Crippen LogP contribution in [0.4, 0.5) is 4.39 Å². The minimum Gasteiger partial charge on any atom is -0.497 e. The number of nitrogens with one attached hydrogen (secondary N) is 1. The van der Waals surface area contributed by atoms with Gasteiger partial charge in [-0.1, -0.05) is 24.3 Å². The summed E-state index contributed by atoms with van der Waals surface area (Å²) in [6.07, 6.45) is 1.56. The summed E-state index contributed by atoms with van der Waals surface area (Å²) < 4.78 is 20.1. The Labute approximate surface area is 173 Å². The molecule has 1 N–H and O–H groups in total. The lowest BCUT2D eigenvalue weighted by Gasteiger charge is -2.09. The molecule has 0 aliphatic heterocycles. The van der Waals surface area contributed by atoms with Crippen LogP contribution in [0.2, 0.25) is 0 Å². The lowest BCUT2D eigenvalue weighted by Crippen LogP contribution is -2.24. The molecule has 0 bridgehead atoms. The molecule has 0 saturated carbocycles. The van der Waals surface area contributed by atoms with E-state index in [9.17, 15) is 9.18 Å². The van der Waals surface area contributed by atoms with Gasteiger partial charge in [0.05, 0.1) is 24.1 Å². The molecule has 2 aromatic carbocycles. The zero-order valence-corrected chi connectivity index (χ0v) is 16.9. The quantitative estimate of drug-likeness (QED) is 0.544. The van der Waals surface area contributed by atoms with Gasteiger partial charge in [0.15, 0.2) is 5.65 Å². The van der Waals surface area contributed by atoms with Crippen LogP contribution in [0.25, 0.3) is 16.8 Å². The normalized spacial score (nSPS) is 10.9. The van der Waals surface area contributed by atoms with Gasteiger partial charge in [0.25, 0.3) is 5.91 Å². The molecule has 0 radical (unpaired) electrons. The van der Waals surface area contributed by atoms with Crippen molar-refractivity contribution in [2.45, 2.75) is 20.4 Å². The van der Waals surface area contributed by atoms with Crippen LogP contribution in [0.1, 0.15) is 27.3 Å².